The molecule has 5 heteroatoms. The Labute approximate surface area is 109 Å². The van der Waals surface area contributed by atoms with Crippen molar-refractivity contribution in [3.8, 4) is 0 Å². The summed E-state index contributed by atoms with van der Waals surface area (Å²) in [5, 5.41) is 12.0. The Morgan fingerprint density at radius 2 is 1.74 bits per heavy atom. The number of carboxylic acid groups (broad SMARTS) is 1. The molecule has 0 aromatic heterocycles. The Kier molecular flexibility index (Phi) is 2.92. The lowest BCUT2D eigenvalue weighted by Crippen LogP contribution is -2.25. The van der Waals surface area contributed by atoms with Gasteiger partial charge in [0, 0.05) is 12.1 Å². The van der Waals surface area contributed by atoms with Crippen molar-refractivity contribution in [1.82, 2.24) is 0 Å². The molecule has 19 heavy (non-hydrogen) atoms. The monoisotopic (exact) mass is 267 g/mol. The van der Waals surface area contributed by atoms with Crippen LogP contribution in [0, 0.1) is 23.5 Å². The first-order chi connectivity index (χ1) is 9.06. The second-order valence-corrected chi connectivity index (χ2v) is 5.46. The van der Waals surface area contributed by atoms with E-state index in [4.69, 9.17) is 5.11 Å². The topological polar surface area (TPSA) is 49.3 Å². The molecule has 0 heterocycles. The maximum atomic E-state index is 13.7. The second kappa shape index (κ2) is 4.47. The molecular formula is C14H15F2NO2. The molecule has 0 amide bonds. The predicted molar refractivity (Wildman–Crippen MR) is 66.2 cm³/mol. The standard InChI is InChI=1S/C14H15F2NO2/c15-10-6-11(16)12(5-9(10)14(18)19)17-13(7-1-2-7)8-3-4-8/h5-8,13,17H,1-4H2,(H,18,19). The van der Waals surface area contributed by atoms with E-state index in [1.807, 2.05) is 0 Å². The molecule has 0 bridgehead atoms. The van der Waals surface area contributed by atoms with Crippen LogP contribution in [0.4, 0.5) is 14.5 Å². The Bertz CT molecular complexity index is 512. The molecule has 0 saturated heterocycles. The molecular weight excluding hydrogens is 252 g/mol. The summed E-state index contributed by atoms with van der Waals surface area (Å²) in [4.78, 5) is 10.9. The van der Waals surface area contributed by atoms with Crippen molar-refractivity contribution >= 4 is 11.7 Å². The average molecular weight is 267 g/mol. The molecule has 2 saturated carbocycles. The van der Waals surface area contributed by atoms with E-state index >= 15 is 0 Å². The van der Waals surface area contributed by atoms with Crippen molar-refractivity contribution in [3.63, 3.8) is 0 Å². The zero-order valence-electron chi connectivity index (χ0n) is 10.3. The third-order valence-corrected chi connectivity index (χ3v) is 3.87. The number of aromatic carboxylic acids is 1. The van der Waals surface area contributed by atoms with Crippen LogP contribution in [0.2, 0.25) is 0 Å². The first kappa shape index (κ1) is 12.4. The van der Waals surface area contributed by atoms with Gasteiger partial charge in [-0.15, -0.1) is 0 Å². The van der Waals surface area contributed by atoms with Crippen LogP contribution in [-0.4, -0.2) is 17.1 Å². The van der Waals surface area contributed by atoms with E-state index in [1.54, 1.807) is 0 Å². The number of hydrogen-bond donors (Lipinski definition) is 2. The summed E-state index contributed by atoms with van der Waals surface area (Å²) in [6.07, 6.45) is 4.51. The van der Waals surface area contributed by atoms with Gasteiger partial charge in [-0.25, -0.2) is 13.6 Å². The molecule has 1 aromatic carbocycles. The van der Waals surface area contributed by atoms with Gasteiger partial charge in [0.25, 0.3) is 0 Å². The van der Waals surface area contributed by atoms with Gasteiger partial charge in [0.1, 0.15) is 11.6 Å². The van der Waals surface area contributed by atoms with Gasteiger partial charge in [-0.1, -0.05) is 0 Å². The average Bonchev–Trinajstić information content (AvgIpc) is 3.21. The smallest absolute Gasteiger partial charge is 0.338 e. The van der Waals surface area contributed by atoms with E-state index in [9.17, 15) is 13.6 Å². The van der Waals surface area contributed by atoms with Crippen LogP contribution in [-0.2, 0) is 0 Å². The van der Waals surface area contributed by atoms with Gasteiger partial charge < -0.3 is 10.4 Å². The minimum atomic E-state index is -1.38. The first-order valence-electron chi connectivity index (χ1n) is 6.55. The number of halogens is 2. The van der Waals surface area contributed by atoms with Crippen molar-refractivity contribution in [2.45, 2.75) is 31.7 Å². The Hall–Kier alpha value is -1.65. The summed E-state index contributed by atoms with van der Waals surface area (Å²) < 4.78 is 27.0. The molecule has 0 radical (unpaired) electrons. The SMILES string of the molecule is O=C(O)c1cc(NC(C2CC2)C2CC2)c(F)cc1F. The third-order valence-electron chi connectivity index (χ3n) is 3.87. The van der Waals surface area contributed by atoms with E-state index in [0.717, 1.165) is 31.7 Å². The van der Waals surface area contributed by atoms with E-state index in [-0.39, 0.29) is 11.7 Å². The van der Waals surface area contributed by atoms with Crippen molar-refractivity contribution in [1.29, 1.82) is 0 Å². The fourth-order valence-electron chi connectivity index (χ4n) is 2.53. The summed E-state index contributed by atoms with van der Waals surface area (Å²) >= 11 is 0. The van der Waals surface area contributed by atoms with Gasteiger partial charge in [0.15, 0.2) is 0 Å². The van der Waals surface area contributed by atoms with E-state index in [0.29, 0.717) is 17.9 Å². The van der Waals surface area contributed by atoms with Crippen LogP contribution in [0.25, 0.3) is 0 Å². The van der Waals surface area contributed by atoms with Gasteiger partial charge in [0.05, 0.1) is 11.3 Å². The summed E-state index contributed by atoms with van der Waals surface area (Å²) in [6, 6.07) is 1.90. The number of nitrogens with one attached hydrogen (secondary N) is 1. The third kappa shape index (κ3) is 2.55. The van der Waals surface area contributed by atoms with Crippen LogP contribution in [0.1, 0.15) is 36.0 Å². The molecule has 102 valence electrons. The van der Waals surface area contributed by atoms with E-state index in [2.05, 4.69) is 5.32 Å². The van der Waals surface area contributed by atoms with E-state index < -0.39 is 23.2 Å². The number of benzene rings is 1. The molecule has 2 N–H and O–H groups in total. The minimum absolute atomic E-state index is 0.0996. The van der Waals surface area contributed by atoms with Crippen molar-refractivity contribution < 1.29 is 18.7 Å². The summed E-state index contributed by atoms with van der Waals surface area (Å²) in [6.45, 7) is 0. The van der Waals surface area contributed by atoms with Gasteiger partial charge >= 0.3 is 5.97 Å². The lowest BCUT2D eigenvalue weighted by Gasteiger charge is -2.20. The summed E-state index contributed by atoms with van der Waals surface area (Å²) in [7, 11) is 0. The lowest BCUT2D eigenvalue weighted by molar-refractivity contribution is 0.0692. The van der Waals surface area contributed by atoms with Crippen LogP contribution >= 0.6 is 0 Å². The van der Waals surface area contributed by atoms with Crippen LogP contribution in [0.5, 0.6) is 0 Å². The van der Waals surface area contributed by atoms with Gasteiger partial charge in [-0.05, 0) is 43.6 Å². The highest BCUT2D eigenvalue weighted by Crippen LogP contribution is 2.46. The fourth-order valence-corrected chi connectivity index (χ4v) is 2.53. The normalized spacial score (nSPS) is 18.7. The van der Waals surface area contributed by atoms with Gasteiger partial charge in [-0.2, -0.15) is 0 Å². The van der Waals surface area contributed by atoms with Crippen LogP contribution < -0.4 is 5.32 Å². The maximum Gasteiger partial charge on any atom is 0.338 e. The Balaban J connectivity index is 1.86. The highest BCUT2D eigenvalue weighted by molar-refractivity contribution is 5.89. The Morgan fingerprint density at radius 1 is 1.16 bits per heavy atom. The van der Waals surface area contributed by atoms with Crippen LogP contribution in [0.3, 0.4) is 0 Å². The molecule has 2 fully saturated rings. The quantitative estimate of drug-likeness (QED) is 0.860. The molecule has 3 rings (SSSR count). The number of anilines is 1. The molecule has 0 aliphatic heterocycles. The minimum Gasteiger partial charge on any atom is -0.478 e. The number of rotatable bonds is 5. The molecule has 0 spiro atoms. The summed E-state index contributed by atoms with van der Waals surface area (Å²) in [5.41, 5.74) is -0.392. The number of carbonyl (C=O) groups is 1. The lowest BCUT2D eigenvalue weighted by atomic mass is 10.1. The second-order valence-electron chi connectivity index (χ2n) is 5.46. The van der Waals surface area contributed by atoms with Gasteiger partial charge in [0.2, 0.25) is 0 Å². The molecule has 0 atom stereocenters. The molecule has 1 aromatic rings. The van der Waals surface area contributed by atoms with Crippen molar-refractivity contribution in [3.05, 3.63) is 29.3 Å². The van der Waals surface area contributed by atoms with Gasteiger partial charge in [-0.3, -0.25) is 0 Å². The zero-order chi connectivity index (χ0) is 13.6. The highest BCUT2D eigenvalue weighted by atomic mass is 19.1. The fraction of sp³-hybridized carbons (Fsp3) is 0.500. The predicted octanol–water partition coefficient (Wildman–Crippen LogP) is 3.26. The number of hydrogen-bond acceptors (Lipinski definition) is 2. The molecule has 2 aliphatic carbocycles. The van der Waals surface area contributed by atoms with Crippen LogP contribution in [0.15, 0.2) is 12.1 Å². The van der Waals surface area contributed by atoms with E-state index in [1.165, 1.54) is 0 Å². The molecule has 2 aliphatic rings. The highest BCUT2D eigenvalue weighted by Gasteiger charge is 2.41. The Morgan fingerprint density at radius 3 is 2.21 bits per heavy atom. The summed E-state index contributed by atoms with van der Waals surface area (Å²) in [5.74, 6) is -2.05. The molecule has 0 unspecified atom stereocenters. The largest absolute Gasteiger partial charge is 0.478 e. The van der Waals surface area contributed by atoms with Crippen molar-refractivity contribution in [2.75, 3.05) is 5.32 Å². The maximum absolute atomic E-state index is 13.7. The first-order valence-corrected chi connectivity index (χ1v) is 6.55. The van der Waals surface area contributed by atoms with Crippen molar-refractivity contribution in [2.24, 2.45) is 11.8 Å². The zero-order valence-corrected chi connectivity index (χ0v) is 10.3. The molecule has 3 nitrogen and oxygen atoms in total. The number of carboxylic acids is 1.